The van der Waals surface area contributed by atoms with Crippen molar-refractivity contribution in [2.45, 2.75) is 13.3 Å². The van der Waals surface area contributed by atoms with E-state index in [0.29, 0.717) is 11.5 Å². The van der Waals surface area contributed by atoms with Crippen LogP contribution in [0.3, 0.4) is 0 Å². The smallest absolute Gasteiger partial charge is 0.188 e. The van der Waals surface area contributed by atoms with Gasteiger partial charge >= 0.3 is 0 Å². The molecule has 0 spiro atoms. The fourth-order valence-corrected chi connectivity index (χ4v) is 1.53. The van der Waals surface area contributed by atoms with Gasteiger partial charge in [-0.05, 0) is 25.1 Å². The zero-order chi connectivity index (χ0) is 10.8. The van der Waals surface area contributed by atoms with Crippen molar-refractivity contribution in [2.75, 3.05) is 0 Å². The van der Waals surface area contributed by atoms with Gasteiger partial charge in [-0.3, -0.25) is 9.48 Å². The van der Waals surface area contributed by atoms with Gasteiger partial charge in [0.2, 0.25) is 0 Å². The van der Waals surface area contributed by atoms with Crippen LogP contribution in [0.2, 0.25) is 0 Å². The van der Waals surface area contributed by atoms with E-state index < -0.39 is 0 Å². The molecule has 0 amide bonds. The number of Topliss-reactive ketones (excluding diaryl/α,β-unsaturated/α-hetero) is 1. The molecule has 0 aliphatic heterocycles. The Morgan fingerprint density at radius 2 is 2.40 bits per heavy atom. The Morgan fingerprint density at radius 1 is 1.60 bits per heavy atom. The molecule has 0 aliphatic carbocycles. The summed E-state index contributed by atoms with van der Waals surface area (Å²) >= 11 is 0. The molecule has 0 bridgehead atoms. The highest BCUT2D eigenvalue weighted by Gasteiger charge is 2.13. The number of nitrogens with zero attached hydrogens (tertiary/aromatic N) is 2. The van der Waals surface area contributed by atoms with Crippen LogP contribution in [0.1, 0.15) is 21.9 Å². The molecule has 0 saturated heterocycles. The lowest BCUT2D eigenvalue weighted by Gasteiger charge is -1.98. The van der Waals surface area contributed by atoms with E-state index in [1.807, 2.05) is 6.92 Å². The summed E-state index contributed by atoms with van der Waals surface area (Å²) in [6.07, 6.45) is 1.85. The Hall–Kier alpha value is -1.84. The molecule has 4 nitrogen and oxygen atoms in total. The van der Waals surface area contributed by atoms with Crippen molar-refractivity contribution in [1.82, 2.24) is 9.78 Å². The summed E-state index contributed by atoms with van der Waals surface area (Å²) in [7, 11) is 1.77. The van der Waals surface area contributed by atoms with E-state index in [2.05, 4.69) is 5.10 Å². The highest BCUT2D eigenvalue weighted by molar-refractivity contribution is 5.95. The van der Waals surface area contributed by atoms with Crippen molar-refractivity contribution in [3.63, 3.8) is 0 Å². The SMILES string of the molecule is Cc1cc(C(=O)Cc2ccco2)n(C)n1. The van der Waals surface area contributed by atoms with Crippen molar-refractivity contribution >= 4 is 5.78 Å². The molecule has 0 N–H and O–H groups in total. The van der Waals surface area contributed by atoms with Crippen molar-refractivity contribution in [1.29, 1.82) is 0 Å². The van der Waals surface area contributed by atoms with E-state index in [1.54, 1.807) is 36.2 Å². The van der Waals surface area contributed by atoms with E-state index >= 15 is 0 Å². The van der Waals surface area contributed by atoms with Crippen LogP contribution in [-0.2, 0) is 13.5 Å². The van der Waals surface area contributed by atoms with Gasteiger partial charge in [-0.25, -0.2) is 0 Å². The second-order valence-corrected chi connectivity index (χ2v) is 3.47. The third-order valence-electron chi connectivity index (χ3n) is 2.20. The molecular weight excluding hydrogens is 192 g/mol. The monoisotopic (exact) mass is 204 g/mol. The van der Waals surface area contributed by atoms with Crippen molar-refractivity contribution in [2.24, 2.45) is 7.05 Å². The summed E-state index contributed by atoms with van der Waals surface area (Å²) < 4.78 is 6.72. The van der Waals surface area contributed by atoms with Crippen LogP contribution in [0.5, 0.6) is 0 Å². The third kappa shape index (κ3) is 1.98. The lowest BCUT2D eigenvalue weighted by atomic mass is 10.2. The maximum atomic E-state index is 11.8. The second kappa shape index (κ2) is 3.73. The van der Waals surface area contributed by atoms with Crippen LogP contribution in [0.15, 0.2) is 28.9 Å². The van der Waals surface area contributed by atoms with E-state index in [0.717, 1.165) is 5.69 Å². The molecule has 2 aromatic heterocycles. The van der Waals surface area contributed by atoms with E-state index in [4.69, 9.17) is 4.42 Å². The van der Waals surface area contributed by atoms with Crippen molar-refractivity contribution in [3.8, 4) is 0 Å². The molecular formula is C11H12N2O2. The number of hydrogen-bond acceptors (Lipinski definition) is 3. The molecule has 2 heterocycles. The molecule has 4 heteroatoms. The number of aromatic nitrogens is 2. The van der Waals surface area contributed by atoms with Gasteiger partial charge in [-0.1, -0.05) is 0 Å². The van der Waals surface area contributed by atoms with E-state index in [9.17, 15) is 4.79 Å². The Bertz CT molecular complexity index is 469. The molecule has 0 fully saturated rings. The minimum absolute atomic E-state index is 0.0213. The lowest BCUT2D eigenvalue weighted by Crippen LogP contribution is -2.09. The number of carbonyl (C=O) groups is 1. The van der Waals surface area contributed by atoms with Crippen LogP contribution < -0.4 is 0 Å². The predicted molar refractivity (Wildman–Crippen MR) is 54.7 cm³/mol. The van der Waals surface area contributed by atoms with Gasteiger partial charge in [0, 0.05) is 7.05 Å². The number of aryl methyl sites for hydroxylation is 2. The quantitative estimate of drug-likeness (QED) is 0.715. The Morgan fingerprint density at radius 3 is 2.93 bits per heavy atom. The lowest BCUT2D eigenvalue weighted by molar-refractivity contribution is 0.0978. The van der Waals surface area contributed by atoms with Crippen LogP contribution in [0, 0.1) is 6.92 Å². The van der Waals surface area contributed by atoms with E-state index in [-0.39, 0.29) is 12.2 Å². The molecule has 0 aromatic carbocycles. The zero-order valence-corrected chi connectivity index (χ0v) is 8.73. The number of ketones is 1. The normalized spacial score (nSPS) is 10.5. The van der Waals surface area contributed by atoms with Gasteiger partial charge in [0.25, 0.3) is 0 Å². The molecule has 0 atom stereocenters. The summed E-state index contributed by atoms with van der Waals surface area (Å²) in [5.74, 6) is 0.701. The highest BCUT2D eigenvalue weighted by Crippen LogP contribution is 2.08. The van der Waals surface area contributed by atoms with Crippen LogP contribution in [0.25, 0.3) is 0 Å². The molecule has 2 rings (SSSR count). The minimum atomic E-state index is 0.0213. The Balaban J connectivity index is 2.18. The first-order chi connectivity index (χ1) is 7.16. The fourth-order valence-electron chi connectivity index (χ4n) is 1.53. The minimum Gasteiger partial charge on any atom is -0.469 e. The van der Waals surface area contributed by atoms with Crippen LogP contribution in [-0.4, -0.2) is 15.6 Å². The molecule has 15 heavy (non-hydrogen) atoms. The van der Waals surface area contributed by atoms with Gasteiger partial charge in [0.15, 0.2) is 5.78 Å². The molecule has 0 unspecified atom stereocenters. The van der Waals surface area contributed by atoms with Crippen LogP contribution in [0.4, 0.5) is 0 Å². The fraction of sp³-hybridized carbons (Fsp3) is 0.273. The molecule has 78 valence electrons. The summed E-state index contributed by atoms with van der Waals surface area (Å²) in [4.78, 5) is 11.8. The maximum Gasteiger partial charge on any atom is 0.188 e. The topological polar surface area (TPSA) is 48.0 Å². The average molecular weight is 204 g/mol. The maximum absolute atomic E-state index is 11.8. The number of carbonyl (C=O) groups excluding carboxylic acids is 1. The van der Waals surface area contributed by atoms with Crippen molar-refractivity contribution in [3.05, 3.63) is 41.6 Å². The zero-order valence-electron chi connectivity index (χ0n) is 8.73. The summed E-state index contributed by atoms with van der Waals surface area (Å²) in [6.45, 7) is 1.86. The summed E-state index contributed by atoms with van der Waals surface area (Å²) in [5, 5.41) is 4.13. The van der Waals surface area contributed by atoms with E-state index in [1.165, 1.54) is 0 Å². The van der Waals surface area contributed by atoms with Gasteiger partial charge in [0.05, 0.1) is 18.4 Å². The van der Waals surface area contributed by atoms with Gasteiger partial charge in [-0.15, -0.1) is 0 Å². The number of hydrogen-bond donors (Lipinski definition) is 0. The molecule has 2 aromatic rings. The number of rotatable bonds is 3. The second-order valence-electron chi connectivity index (χ2n) is 3.47. The summed E-state index contributed by atoms with van der Waals surface area (Å²) in [5.41, 5.74) is 1.46. The first kappa shape index (κ1) is 9.71. The Labute approximate surface area is 87.5 Å². The van der Waals surface area contributed by atoms with Crippen molar-refractivity contribution < 1.29 is 9.21 Å². The average Bonchev–Trinajstić information content (AvgIpc) is 2.75. The molecule has 0 radical (unpaired) electrons. The first-order valence-electron chi connectivity index (χ1n) is 4.73. The Kier molecular flexibility index (Phi) is 2.41. The van der Waals surface area contributed by atoms with Gasteiger partial charge < -0.3 is 4.42 Å². The number of furan rings is 1. The largest absolute Gasteiger partial charge is 0.469 e. The third-order valence-corrected chi connectivity index (χ3v) is 2.20. The highest BCUT2D eigenvalue weighted by atomic mass is 16.3. The van der Waals surface area contributed by atoms with Crippen LogP contribution >= 0.6 is 0 Å². The molecule has 0 saturated carbocycles. The summed E-state index contributed by atoms with van der Waals surface area (Å²) in [6, 6.07) is 5.35. The van der Waals surface area contributed by atoms with Gasteiger partial charge in [0.1, 0.15) is 11.5 Å². The predicted octanol–water partition coefficient (Wildman–Crippen LogP) is 1.75. The standard InChI is InChI=1S/C11H12N2O2/c1-8-6-10(13(2)12-8)11(14)7-9-4-3-5-15-9/h3-6H,7H2,1-2H3. The van der Waals surface area contributed by atoms with Gasteiger partial charge in [-0.2, -0.15) is 5.10 Å². The first-order valence-corrected chi connectivity index (χ1v) is 4.73. The molecule has 0 aliphatic rings.